The summed E-state index contributed by atoms with van der Waals surface area (Å²) in [5.74, 6) is 0.0932. The average molecular weight is 306 g/mol. The molecule has 1 heterocycles. The lowest BCUT2D eigenvalue weighted by molar-refractivity contribution is -0.384. The van der Waals surface area contributed by atoms with E-state index in [1.54, 1.807) is 0 Å². The van der Waals surface area contributed by atoms with Crippen LogP contribution in [0.3, 0.4) is 0 Å². The van der Waals surface area contributed by atoms with Crippen LogP contribution in [0.2, 0.25) is 5.02 Å². The number of nitrogens with one attached hydrogen (secondary N) is 2. The smallest absolute Gasteiger partial charge is 0.271 e. The Bertz CT molecular complexity index is 492. The second-order valence-electron chi connectivity index (χ2n) is 4.19. The summed E-state index contributed by atoms with van der Waals surface area (Å²) in [6, 6.07) is 3.86. The summed E-state index contributed by atoms with van der Waals surface area (Å²) in [6.45, 7) is 2.33. The van der Waals surface area contributed by atoms with E-state index < -0.39 is 4.92 Å². The van der Waals surface area contributed by atoms with Gasteiger partial charge in [-0.3, -0.25) is 14.9 Å². The summed E-state index contributed by atoms with van der Waals surface area (Å²) in [4.78, 5) is 21.9. The van der Waals surface area contributed by atoms with E-state index in [0.29, 0.717) is 12.5 Å². The lowest BCUT2D eigenvalue weighted by atomic mass is 10.0. The maximum atomic E-state index is 11.8. The van der Waals surface area contributed by atoms with Crippen LogP contribution in [0, 0.1) is 16.0 Å². The molecule has 1 aromatic carbocycles. The van der Waals surface area contributed by atoms with E-state index in [-0.39, 0.29) is 34.6 Å². The monoisotopic (exact) mass is 305 g/mol. The first kappa shape index (κ1) is 15.7. The van der Waals surface area contributed by atoms with Gasteiger partial charge in [0.1, 0.15) is 0 Å². The van der Waals surface area contributed by atoms with Gasteiger partial charge in [0, 0.05) is 48.3 Å². The van der Waals surface area contributed by atoms with Crippen molar-refractivity contribution in [1.82, 2.24) is 10.6 Å². The van der Waals surface area contributed by atoms with Crippen molar-refractivity contribution in [2.24, 2.45) is 5.92 Å². The average Bonchev–Trinajstić information content (AvgIpc) is 2.25. The first-order chi connectivity index (χ1) is 8.56. The van der Waals surface area contributed by atoms with E-state index in [1.807, 2.05) is 0 Å². The van der Waals surface area contributed by atoms with Gasteiger partial charge in [-0.15, -0.1) is 12.4 Å². The molecule has 2 N–H and O–H groups in total. The third-order valence-corrected chi connectivity index (χ3v) is 2.99. The molecule has 1 aliphatic heterocycles. The van der Waals surface area contributed by atoms with Crippen molar-refractivity contribution in [3.05, 3.63) is 38.9 Å². The Labute approximate surface area is 121 Å². The Balaban J connectivity index is 0.00000180. The summed E-state index contributed by atoms with van der Waals surface area (Å²) < 4.78 is 0. The van der Waals surface area contributed by atoms with Gasteiger partial charge in [0.2, 0.25) is 0 Å². The zero-order chi connectivity index (χ0) is 13.1. The number of carbonyl (C=O) groups is 1. The first-order valence-electron chi connectivity index (χ1n) is 5.50. The van der Waals surface area contributed by atoms with Gasteiger partial charge in [0.05, 0.1) is 4.92 Å². The van der Waals surface area contributed by atoms with Crippen LogP contribution in [0.25, 0.3) is 0 Å². The lowest BCUT2D eigenvalue weighted by Gasteiger charge is -2.27. The second-order valence-corrected chi connectivity index (χ2v) is 4.63. The molecular formula is C11H13Cl2N3O3. The maximum absolute atomic E-state index is 11.8. The van der Waals surface area contributed by atoms with E-state index in [9.17, 15) is 14.9 Å². The number of rotatable bonds is 4. The topological polar surface area (TPSA) is 84.3 Å². The van der Waals surface area contributed by atoms with Gasteiger partial charge in [0.15, 0.2) is 0 Å². The van der Waals surface area contributed by atoms with Crippen LogP contribution in [-0.4, -0.2) is 30.5 Å². The van der Waals surface area contributed by atoms with Crippen molar-refractivity contribution in [2.45, 2.75) is 0 Å². The highest BCUT2D eigenvalue weighted by Crippen LogP contribution is 2.20. The van der Waals surface area contributed by atoms with Crippen molar-refractivity contribution in [1.29, 1.82) is 0 Å². The number of nitro groups is 1. The maximum Gasteiger partial charge on any atom is 0.271 e. The third kappa shape index (κ3) is 4.05. The Morgan fingerprint density at radius 3 is 2.68 bits per heavy atom. The number of benzene rings is 1. The fraction of sp³-hybridized carbons (Fsp3) is 0.364. The third-order valence-electron chi connectivity index (χ3n) is 2.77. The molecule has 1 fully saturated rings. The molecule has 0 unspecified atom stereocenters. The van der Waals surface area contributed by atoms with Gasteiger partial charge in [0.25, 0.3) is 11.6 Å². The minimum atomic E-state index is -0.571. The molecule has 1 aliphatic rings. The van der Waals surface area contributed by atoms with Crippen molar-refractivity contribution >= 4 is 35.6 Å². The summed E-state index contributed by atoms with van der Waals surface area (Å²) >= 11 is 5.74. The van der Waals surface area contributed by atoms with Crippen molar-refractivity contribution < 1.29 is 9.72 Å². The van der Waals surface area contributed by atoms with Gasteiger partial charge < -0.3 is 10.6 Å². The SMILES string of the molecule is Cl.O=C(NCC1CNC1)c1cc(Cl)cc([N+](=O)[O-])c1. The Morgan fingerprint density at radius 2 is 2.16 bits per heavy atom. The van der Waals surface area contributed by atoms with Gasteiger partial charge >= 0.3 is 0 Å². The fourth-order valence-electron chi connectivity index (χ4n) is 1.64. The fourth-order valence-corrected chi connectivity index (χ4v) is 1.87. The second kappa shape index (κ2) is 6.70. The molecule has 8 heteroatoms. The minimum Gasteiger partial charge on any atom is -0.352 e. The molecule has 0 spiro atoms. The molecule has 104 valence electrons. The Morgan fingerprint density at radius 1 is 1.47 bits per heavy atom. The highest BCUT2D eigenvalue weighted by Gasteiger charge is 2.19. The number of nitrogens with zero attached hydrogens (tertiary/aromatic N) is 1. The number of non-ortho nitro benzene ring substituents is 1. The lowest BCUT2D eigenvalue weighted by Crippen LogP contribution is -2.48. The Hall–Kier alpha value is -1.37. The van der Waals surface area contributed by atoms with Crippen LogP contribution in [0.1, 0.15) is 10.4 Å². The predicted octanol–water partition coefficient (Wildman–Crippen LogP) is 1.62. The molecule has 0 atom stereocenters. The van der Waals surface area contributed by atoms with Crippen molar-refractivity contribution in [3.63, 3.8) is 0 Å². The van der Waals surface area contributed by atoms with Gasteiger partial charge in [-0.1, -0.05) is 11.6 Å². The first-order valence-corrected chi connectivity index (χ1v) is 5.88. The molecule has 19 heavy (non-hydrogen) atoms. The molecule has 0 aliphatic carbocycles. The van der Waals surface area contributed by atoms with Crippen molar-refractivity contribution in [3.8, 4) is 0 Å². The van der Waals surface area contributed by atoms with Crippen molar-refractivity contribution in [2.75, 3.05) is 19.6 Å². The van der Waals surface area contributed by atoms with Gasteiger partial charge in [-0.05, 0) is 6.07 Å². The number of carbonyl (C=O) groups excluding carboxylic acids is 1. The summed E-state index contributed by atoms with van der Waals surface area (Å²) in [7, 11) is 0. The van der Waals surface area contributed by atoms with Crippen LogP contribution in [0.4, 0.5) is 5.69 Å². The molecule has 0 bridgehead atoms. The van der Waals surface area contributed by atoms with E-state index in [2.05, 4.69) is 10.6 Å². The number of nitro benzene ring substituents is 1. The summed E-state index contributed by atoms with van der Waals surface area (Å²) in [5, 5.41) is 16.7. The molecule has 1 amide bonds. The number of amides is 1. The zero-order valence-electron chi connectivity index (χ0n) is 9.89. The van der Waals surface area contributed by atoms with E-state index >= 15 is 0 Å². The van der Waals surface area contributed by atoms with E-state index in [1.165, 1.54) is 18.2 Å². The number of halogens is 2. The van der Waals surface area contributed by atoms with E-state index in [0.717, 1.165) is 13.1 Å². The molecule has 0 saturated carbocycles. The van der Waals surface area contributed by atoms with Crippen LogP contribution < -0.4 is 10.6 Å². The van der Waals surface area contributed by atoms with Gasteiger partial charge in [-0.2, -0.15) is 0 Å². The molecule has 1 aromatic rings. The standard InChI is InChI=1S/C11H12ClN3O3.ClH/c12-9-1-8(2-10(3-9)15(17)18)11(16)14-6-7-4-13-5-7;/h1-3,7,13H,4-6H2,(H,14,16);1H. The molecular weight excluding hydrogens is 293 g/mol. The van der Waals surface area contributed by atoms with Crippen LogP contribution in [0.15, 0.2) is 18.2 Å². The molecule has 0 aromatic heterocycles. The largest absolute Gasteiger partial charge is 0.352 e. The normalized spacial score (nSPS) is 14.2. The highest BCUT2D eigenvalue weighted by molar-refractivity contribution is 6.31. The molecule has 0 radical (unpaired) electrons. The zero-order valence-corrected chi connectivity index (χ0v) is 11.5. The number of hydrogen-bond acceptors (Lipinski definition) is 4. The molecule has 1 saturated heterocycles. The van der Waals surface area contributed by atoms with Gasteiger partial charge in [-0.25, -0.2) is 0 Å². The predicted molar refractivity (Wildman–Crippen MR) is 74.0 cm³/mol. The summed E-state index contributed by atoms with van der Waals surface area (Å²) in [6.07, 6.45) is 0. The Kier molecular flexibility index (Phi) is 5.53. The minimum absolute atomic E-state index is 0. The highest BCUT2D eigenvalue weighted by atomic mass is 35.5. The van der Waals surface area contributed by atoms with Crippen LogP contribution in [0.5, 0.6) is 0 Å². The quantitative estimate of drug-likeness (QED) is 0.654. The van der Waals surface area contributed by atoms with E-state index in [4.69, 9.17) is 11.6 Å². The number of hydrogen-bond donors (Lipinski definition) is 2. The molecule has 2 rings (SSSR count). The molecule has 6 nitrogen and oxygen atoms in total. The van der Waals surface area contributed by atoms with Crippen LogP contribution >= 0.6 is 24.0 Å². The summed E-state index contributed by atoms with van der Waals surface area (Å²) in [5.41, 5.74) is 0.0273. The van der Waals surface area contributed by atoms with Crippen LogP contribution in [-0.2, 0) is 0 Å².